The molecule has 0 aromatic rings. The van der Waals surface area contributed by atoms with Gasteiger partial charge in [-0.1, -0.05) is 19.1 Å². The minimum Gasteiger partial charge on any atom is -0.378 e. The molecule has 1 aliphatic heterocycles. The average Bonchev–Trinajstić information content (AvgIpc) is 2.54. The van der Waals surface area contributed by atoms with Crippen LogP contribution in [0, 0.1) is 17.8 Å². The highest BCUT2D eigenvalue weighted by Gasteiger charge is 2.61. The first-order valence-electron chi connectivity index (χ1n) is 9.00. The predicted molar refractivity (Wildman–Crippen MR) is 85.3 cm³/mol. The molecule has 1 saturated carbocycles. The third kappa shape index (κ3) is 3.04. The molecule has 2 atom stereocenters. The fourth-order valence-electron chi connectivity index (χ4n) is 4.32. The summed E-state index contributed by atoms with van der Waals surface area (Å²) >= 11 is 0. The van der Waals surface area contributed by atoms with E-state index in [1.807, 2.05) is 0 Å². The summed E-state index contributed by atoms with van der Waals surface area (Å²) < 4.78 is 62.3. The van der Waals surface area contributed by atoms with Crippen molar-refractivity contribution in [2.75, 3.05) is 6.61 Å². The van der Waals surface area contributed by atoms with Crippen molar-refractivity contribution >= 4 is 0 Å². The summed E-state index contributed by atoms with van der Waals surface area (Å²) in [5, 5.41) is 0. The van der Waals surface area contributed by atoms with Crippen molar-refractivity contribution in [2.24, 2.45) is 17.8 Å². The van der Waals surface area contributed by atoms with E-state index in [9.17, 15) is 17.6 Å². The van der Waals surface area contributed by atoms with Gasteiger partial charge in [0.2, 0.25) is 0 Å². The normalized spacial score (nSPS) is 39.1. The Morgan fingerprint density at radius 1 is 0.917 bits per heavy atom. The van der Waals surface area contributed by atoms with Crippen LogP contribution in [0.25, 0.3) is 0 Å². The van der Waals surface area contributed by atoms with Gasteiger partial charge in [-0.05, 0) is 63.2 Å². The fraction of sp³-hybridized carbons (Fsp3) is 0.789. The molecule has 0 aromatic carbocycles. The summed E-state index contributed by atoms with van der Waals surface area (Å²) in [6.07, 6.45) is 7.43. The van der Waals surface area contributed by atoms with Crippen LogP contribution in [0.1, 0.15) is 52.4 Å². The number of hydrogen-bond acceptors (Lipinski definition) is 1. The summed E-state index contributed by atoms with van der Waals surface area (Å²) in [4.78, 5) is 0. The van der Waals surface area contributed by atoms with Crippen LogP contribution in [0.3, 0.4) is 0 Å². The molecule has 2 aliphatic carbocycles. The Bertz CT molecular complexity index is 521. The Morgan fingerprint density at radius 3 is 2.17 bits per heavy atom. The van der Waals surface area contributed by atoms with Crippen LogP contribution in [-0.4, -0.2) is 24.6 Å². The second kappa shape index (κ2) is 6.47. The molecule has 1 heterocycles. The Balaban J connectivity index is 1.64. The fourth-order valence-corrected chi connectivity index (χ4v) is 4.32. The molecule has 24 heavy (non-hydrogen) atoms. The molecule has 0 amide bonds. The zero-order valence-corrected chi connectivity index (χ0v) is 14.3. The van der Waals surface area contributed by atoms with Crippen molar-refractivity contribution in [3.63, 3.8) is 0 Å². The number of alkyl halides is 4. The van der Waals surface area contributed by atoms with Crippen LogP contribution < -0.4 is 0 Å². The van der Waals surface area contributed by atoms with Gasteiger partial charge in [0, 0.05) is 17.8 Å². The molecule has 5 heteroatoms. The van der Waals surface area contributed by atoms with Crippen molar-refractivity contribution in [3.8, 4) is 0 Å². The van der Waals surface area contributed by atoms with E-state index >= 15 is 0 Å². The lowest BCUT2D eigenvalue weighted by atomic mass is 9.72. The molecule has 3 aliphatic rings. The van der Waals surface area contributed by atoms with Gasteiger partial charge >= 0.3 is 11.8 Å². The van der Waals surface area contributed by atoms with Crippen LogP contribution in [0.15, 0.2) is 23.3 Å². The van der Waals surface area contributed by atoms with Crippen LogP contribution >= 0.6 is 0 Å². The molecule has 1 saturated heterocycles. The Hall–Kier alpha value is -0.840. The highest BCUT2D eigenvalue weighted by Crippen LogP contribution is 2.52. The molecule has 3 rings (SSSR count). The first-order valence-corrected chi connectivity index (χ1v) is 9.00. The van der Waals surface area contributed by atoms with Gasteiger partial charge in [0.1, 0.15) is 0 Å². The van der Waals surface area contributed by atoms with E-state index in [2.05, 4.69) is 6.92 Å². The zero-order chi connectivity index (χ0) is 17.5. The molecule has 1 nitrogen and oxygen atoms in total. The minimum absolute atomic E-state index is 0.214. The first kappa shape index (κ1) is 18.0. The second-order valence-corrected chi connectivity index (χ2v) is 7.79. The number of hydrogen-bond donors (Lipinski definition) is 0. The molecule has 0 aromatic heterocycles. The molecule has 136 valence electrons. The maximum absolute atomic E-state index is 14.3. The van der Waals surface area contributed by atoms with Crippen LogP contribution in [0.5, 0.6) is 0 Å². The van der Waals surface area contributed by atoms with E-state index in [-0.39, 0.29) is 11.7 Å². The lowest BCUT2D eigenvalue weighted by Crippen LogP contribution is -2.47. The van der Waals surface area contributed by atoms with Gasteiger partial charge < -0.3 is 4.74 Å². The van der Waals surface area contributed by atoms with Gasteiger partial charge in [-0.15, -0.1) is 0 Å². The van der Waals surface area contributed by atoms with E-state index in [1.54, 1.807) is 0 Å². The summed E-state index contributed by atoms with van der Waals surface area (Å²) in [7, 11) is 0. The van der Waals surface area contributed by atoms with Crippen molar-refractivity contribution in [1.82, 2.24) is 0 Å². The van der Waals surface area contributed by atoms with Gasteiger partial charge in [-0.2, -0.15) is 17.6 Å². The van der Waals surface area contributed by atoms with Crippen molar-refractivity contribution in [1.29, 1.82) is 0 Å². The second-order valence-electron chi connectivity index (χ2n) is 7.79. The van der Waals surface area contributed by atoms with Crippen molar-refractivity contribution in [3.05, 3.63) is 23.3 Å². The number of halogens is 4. The van der Waals surface area contributed by atoms with Gasteiger partial charge in [0.15, 0.2) is 0 Å². The van der Waals surface area contributed by atoms with E-state index in [4.69, 9.17) is 4.74 Å². The summed E-state index contributed by atoms with van der Waals surface area (Å²) in [6, 6.07) is 0. The molecule has 0 spiro atoms. The van der Waals surface area contributed by atoms with Crippen molar-refractivity contribution < 1.29 is 22.3 Å². The van der Waals surface area contributed by atoms with Gasteiger partial charge in [0.05, 0.1) is 6.10 Å². The quantitative estimate of drug-likeness (QED) is 0.577. The number of ether oxygens (including phenoxy) is 1. The number of allylic oxidation sites excluding steroid dienone is 4. The van der Waals surface area contributed by atoms with E-state index < -0.39 is 23.3 Å². The average molecular weight is 346 g/mol. The summed E-state index contributed by atoms with van der Waals surface area (Å²) in [5.41, 5.74) is -0.940. The SMILES string of the molecule is CC1=CC=C(C2CCC(C3CCC(C)CO3)CC2)C(F)(F)C1(F)F. The third-order valence-corrected chi connectivity index (χ3v) is 6.04. The molecular formula is C19H26F4O. The van der Waals surface area contributed by atoms with E-state index in [0.29, 0.717) is 24.7 Å². The van der Waals surface area contributed by atoms with Crippen molar-refractivity contribution in [2.45, 2.75) is 70.3 Å². The summed E-state index contributed by atoms with van der Waals surface area (Å²) in [6.45, 7) is 4.00. The molecule has 0 N–H and O–H groups in total. The lowest BCUT2D eigenvalue weighted by Gasteiger charge is -2.40. The predicted octanol–water partition coefficient (Wildman–Crippen LogP) is 5.76. The highest BCUT2D eigenvalue weighted by atomic mass is 19.3. The molecule has 0 bridgehead atoms. The zero-order valence-electron chi connectivity index (χ0n) is 14.3. The lowest BCUT2D eigenvalue weighted by molar-refractivity contribution is -0.168. The molecule has 2 unspecified atom stereocenters. The largest absolute Gasteiger partial charge is 0.378 e. The molecule has 2 fully saturated rings. The smallest absolute Gasteiger partial charge is 0.336 e. The maximum Gasteiger partial charge on any atom is 0.336 e. The molecular weight excluding hydrogens is 320 g/mol. The summed E-state index contributed by atoms with van der Waals surface area (Å²) in [5.74, 6) is -7.63. The van der Waals surface area contributed by atoms with Gasteiger partial charge in [-0.25, -0.2) is 0 Å². The van der Waals surface area contributed by atoms with Gasteiger partial charge in [0.25, 0.3) is 0 Å². The maximum atomic E-state index is 14.3. The monoisotopic (exact) mass is 346 g/mol. The van der Waals surface area contributed by atoms with Crippen LogP contribution in [0.4, 0.5) is 17.6 Å². The number of rotatable bonds is 2. The standard InChI is InChI=1S/C19H26F4O/c1-12-3-10-17(24-11-12)15-7-5-14(6-8-15)16-9-4-13(2)18(20,21)19(16,22)23/h4,9,12,14-15,17H,3,5-8,10-11H2,1-2H3. The Labute approximate surface area is 141 Å². The third-order valence-electron chi connectivity index (χ3n) is 6.04. The van der Waals surface area contributed by atoms with E-state index in [0.717, 1.165) is 45.3 Å². The van der Waals surface area contributed by atoms with Gasteiger partial charge in [-0.3, -0.25) is 0 Å². The minimum atomic E-state index is -4.07. The van der Waals surface area contributed by atoms with E-state index in [1.165, 1.54) is 6.08 Å². The van der Waals surface area contributed by atoms with Crippen LogP contribution in [0.2, 0.25) is 0 Å². The van der Waals surface area contributed by atoms with Crippen LogP contribution in [-0.2, 0) is 4.74 Å². The Kier molecular flexibility index (Phi) is 4.84. The topological polar surface area (TPSA) is 9.23 Å². The molecule has 0 radical (unpaired) electrons. The Morgan fingerprint density at radius 2 is 1.58 bits per heavy atom. The first-order chi connectivity index (χ1) is 11.2. The highest BCUT2D eigenvalue weighted by molar-refractivity contribution is 5.38.